The molecule has 1 saturated heterocycles. The largest absolute Gasteiger partial charge is 0.444 e. The number of hydrogen-bond acceptors (Lipinski definition) is 7. The second kappa shape index (κ2) is 11.5. The quantitative estimate of drug-likeness (QED) is 0.508. The van der Waals surface area contributed by atoms with Crippen LogP contribution < -0.4 is 11.1 Å². The van der Waals surface area contributed by atoms with E-state index in [0.29, 0.717) is 29.6 Å². The lowest BCUT2D eigenvalue weighted by Gasteiger charge is -2.27. The first-order valence-electron chi connectivity index (χ1n) is 12.7. The average Bonchev–Trinajstić information content (AvgIpc) is 3.04. The average molecular weight is 557 g/mol. The van der Waals surface area contributed by atoms with Crippen LogP contribution in [0.15, 0.2) is 39.5 Å². The van der Waals surface area contributed by atoms with E-state index in [-0.39, 0.29) is 30.7 Å². The van der Waals surface area contributed by atoms with Gasteiger partial charge in [0.25, 0.3) is 5.91 Å². The molecule has 0 bridgehead atoms. The number of nitrogens with zero attached hydrogens (tertiary/aromatic N) is 3. The highest BCUT2D eigenvalue weighted by Gasteiger charge is 2.31. The third-order valence-electron chi connectivity index (χ3n) is 6.36. The number of carbonyl (C=O) groups excluding carboxylic acids is 2. The number of rotatable bonds is 5. The molecule has 10 nitrogen and oxygen atoms in total. The molecular formula is C28H30F2N4O6. The highest BCUT2D eigenvalue weighted by atomic mass is 19.1. The van der Waals surface area contributed by atoms with E-state index in [1.165, 1.54) is 34.7 Å². The summed E-state index contributed by atoms with van der Waals surface area (Å²) in [6.45, 7) is 5.67. The first-order chi connectivity index (χ1) is 18.9. The molecule has 1 fully saturated rings. The number of aryl methyl sites for hydroxylation is 1. The van der Waals surface area contributed by atoms with Crippen LogP contribution in [-0.4, -0.2) is 58.9 Å². The molecule has 212 valence electrons. The van der Waals surface area contributed by atoms with Gasteiger partial charge in [-0.3, -0.25) is 9.36 Å². The third-order valence-corrected chi connectivity index (χ3v) is 6.36. The van der Waals surface area contributed by atoms with Crippen molar-refractivity contribution in [1.82, 2.24) is 14.8 Å². The Labute approximate surface area is 229 Å². The summed E-state index contributed by atoms with van der Waals surface area (Å²) in [5.41, 5.74) is 0.202. The van der Waals surface area contributed by atoms with Gasteiger partial charge < -0.3 is 24.1 Å². The van der Waals surface area contributed by atoms with E-state index in [9.17, 15) is 19.6 Å². The van der Waals surface area contributed by atoms with Crippen LogP contribution in [0.5, 0.6) is 0 Å². The van der Waals surface area contributed by atoms with Gasteiger partial charge in [0.15, 0.2) is 11.7 Å². The molecule has 2 atom stereocenters. The minimum absolute atomic E-state index is 0.0385. The summed E-state index contributed by atoms with van der Waals surface area (Å²) in [7, 11) is 1.50. The van der Waals surface area contributed by atoms with Gasteiger partial charge >= 0.3 is 11.8 Å². The fourth-order valence-electron chi connectivity index (χ4n) is 4.35. The predicted molar refractivity (Wildman–Crippen MR) is 140 cm³/mol. The van der Waals surface area contributed by atoms with Crippen molar-refractivity contribution < 1.29 is 32.3 Å². The number of nitrogens with one attached hydrogen (secondary N) is 1. The summed E-state index contributed by atoms with van der Waals surface area (Å²) in [6.07, 6.45) is -1.46. The lowest BCUT2D eigenvalue weighted by atomic mass is 9.99. The molecule has 3 aromatic rings. The van der Waals surface area contributed by atoms with Crippen molar-refractivity contribution in [3.8, 4) is 17.2 Å². The summed E-state index contributed by atoms with van der Waals surface area (Å²) in [5.74, 6) is -2.75. The Morgan fingerprint density at radius 3 is 2.67 bits per heavy atom. The van der Waals surface area contributed by atoms with E-state index in [2.05, 4.69) is 5.32 Å². The summed E-state index contributed by atoms with van der Waals surface area (Å²) in [6, 6.07) is 7.22. The molecule has 0 saturated carbocycles. The first kappa shape index (κ1) is 28.8. The highest BCUT2D eigenvalue weighted by Crippen LogP contribution is 2.29. The first-order valence-corrected chi connectivity index (χ1v) is 12.7. The van der Waals surface area contributed by atoms with Crippen LogP contribution in [0.25, 0.3) is 22.2 Å². The zero-order chi connectivity index (χ0) is 29.2. The fourth-order valence-corrected chi connectivity index (χ4v) is 4.35. The number of carbonyl (C=O) groups is 2. The standard InChI is InChI=1S/C28H30F2N4O6/c1-28(2,3)40-27(37)34-8-5-9-38-24(15-34)25(35)32-18(14-31)10-17-11-21(30)19(13-20(17)29)16-6-7-23-22(12-16)33(4)26(36)39-23/h6-7,11-13,18,24H,5,8-10,15H2,1-4H3,(H,32,35)/t18?,24-/m0/s1. The number of aromatic nitrogens is 1. The third kappa shape index (κ3) is 6.48. The van der Waals surface area contributed by atoms with Crippen LogP contribution in [0.4, 0.5) is 13.6 Å². The van der Waals surface area contributed by atoms with Crippen molar-refractivity contribution in [3.05, 3.63) is 58.1 Å². The maximum atomic E-state index is 15.1. The zero-order valence-corrected chi connectivity index (χ0v) is 22.6. The fraction of sp³-hybridized carbons (Fsp3) is 0.429. The molecule has 0 spiro atoms. The van der Waals surface area contributed by atoms with Gasteiger partial charge in [-0.1, -0.05) is 6.07 Å². The Hall–Kier alpha value is -4.24. The molecule has 2 amide bonds. The highest BCUT2D eigenvalue weighted by molar-refractivity contribution is 5.83. The molecular weight excluding hydrogens is 526 g/mol. The molecule has 12 heteroatoms. The molecule has 1 N–H and O–H groups in total. The normalized spacial score (nSPS) is 16.7. The smallest absolute Gasteiger partial charge is 0.419 e. The number of nitriles is 1. The second-order valence-electron chi connectivity index (χ2n) is 10.6. The van der Waals surface area contributed by atoms with Crippen LogP contribution in [-0.2, 0) is 27.7 Å². The number of ether oxygens (including phenoxy) is 2. The molecule has 1 aromatic heterocycles. The minimum atomic E-state index is -1.19. The number of amides is 2. The Kier molecular flexibility index (Phi) is 8.25. The van der Waals surface area contributed by atoms with E-state index in [1.54, 1.807) is 20.8 Å². The molecule has 2 aromatic carbocycles. The Morgan fingerprint density at radius 1 is 1.23 bits per heavy atom. The molecule has 40 heavy (non-hydrogen) atoms. The summed E-state index contributed by atoms with van der Waals surface area (Å²) >= 11 is 0. The van der Waals surface area contributed by atoms with Gasteiger partial charge in [0.1, 0.15) is 23.3 Å². The van der Waals surface area contributed by atoms with Crippen molar-refractivity contribution in [1.29, 1.82) is 5.26 Å². The number of fused-ring (bicyclic) bond motifs is 1. The van der Waals surface area contributed by atoms with Gasteiger partial charge in [0.2, 0.25) is 0 Å². The number of halogens is 2. The van der Waals surface area contributed by atoms with Gasteiger partial charge in [-0.05, 0) is 62.6 Å². The van der Waals surface area contributed by atoms with Crippen LogP contribution in [0.2, 0.25) is 0 Å². The molecule has 1 aliphatic heterocycles. The topological polar surface area (TPSA) is 127 Å². The SMILES string of the molecule is Cn1c(=O)oc2ccc(-c3cc(F)c(CC(C#N)NC(=O)[C@@H]4CN(C(=O)OC(C)(C)C)CCCO4)cc3F)cc21. The maximum absolute atomic E-state index is 15.1. The van der Waals surface area contributed by atoms with Crippen molar-refractivity contribution in [2.24, 2.45) is 7.05 Å². The summed E-state index contributed by atoms with van der Waals surface area (Å²) in [4.78, 5) is 38.5. The van der Waals surface area contributed by atoms with Crippen molar-refractivity contribution >= 4 is 23.1 Å². The van der Waals surface area contributed by atoms with E-state index < -0.39 is 47.1 Å². The predicted octanol–water partition coefficient (Wildman–Crippen LogP) is 3.65. The number of oxazole rings is 1. The second-order valence-corrected chi connectivity index (χ2v) is 10.6. The van der Waals surface area contributed by atoms with E-state index in [4.69, 9.17) is 13.9 Å². The van der Waals surface area contributed by atoms with Gasteiger partial charge in [-0.15, -0.1) is 0 Å². The number of benzene rings is 2. The summed E-state index contributed by atoms with van der Waals surface area (Å²) in [5, 5.41) is 12.1. The van der Waals surface area contributed by atoms with Gasteiger partial charge in [0.05, 0.1) is 18.1 Å². The Bertz CT molecular complexity index is 1530. The Morgan fingerprint density at radius 2 is 1.98 bits per heavy atom. The maximum Gasteiger partial charge on any atom is 0.419 e. The monoisotopic (exact) mass is 556 g/mol. The van der Waals surface area contributed by atoms with Crippen LogP contribution in [0.1, 0.15) is 32.8 Å². The molecule has 0 aliphatic carbocycles. The lowest BCUT2D eigenvalue weighted by Crippen LogP contribution is -2.48. The molecule has 0 radical (unpaired) electrons. The molecule has 1 unspecified atom stereocenters. The van der Waals surface area contributed by atoms with Gasteiger partial charge in [-0.25, -0.2) is 18.4 Å². The minimum Gasteiger partial charge on any atom is -0.444 e. The molecule has 2 heterocycles. The van der Waals surface area contributed by atoms with Gasteiger partial charge in [0, 0.05) is 32.2 Å². The van der Waals surface area contributed by atoms with Crippen LogP contribution in [0.3, 0.4) is 0 Å². The van der Waals surface area contributed by atoms with Crippen LogP contribution in [0, 0.1) is 23.0 Å². The number of hydrogen-bond donors (Lipinski definition) is 1. The van der Waals surface area contributed by atoms with Crippen molar-refractivity contribution in [3.63, 3.8) is 0 Å². The molecule has 4 rings (SSSR count). The van der Waals surface area contributed by atoms with Crippen molar-refractivity contribution in [2.75, 3.05) is 19.7 Å². The van der Waals surface area contributed by atoms with E-state index in [0.717, 1.165) is 12.1 Å². The van der Waals surface area contributed by atoms with Crippen LogP contribution >= 0.6 is 0 Å². The van der Waals surface area contributed by atoms with E-state index in [1.807, 2.05) is 6.07 Å². The van der Waals surface area contributed by atoms with Gasteiger partial charge in [-0.2, -0.15) is 5.26 Å². The lowest BCUT2D eigenvalue weighted by molar-refractivity contribution is -0.133. The Balaban J connectivity index is 1.47. The zero-order valence-electron chi connectivity index (χ0n) is 22.6. The molecule has 1 aliphatic rings. The van der Waals surface area contributed by atoms with E-state index >= 15 is 8.78 Å². The van der Waals surface area contributed by atoms with Crippen molar-refractivity contribution in [2.45, 2.75) is 51.4 Å². The summed E-state index contributed by atoms with van der Waals surface area (Å²) < 4.78 is 47.5.